The first kappa shape index (κ1) is 12.5. The number of hydrogen-bond acceptors (Lipinski definition) is 2. The summed E-state index contributed by atoms with van der Waals surface area (Å²) >= 11 is 0. The third kappa shape index (κ3) is 2.32. The molecule has 0 fully saturated rings. The third-order valence-electron chi connectivity index (χ3n) is 2.44. The molecule has 4 heteroatoms. The SMILES string of the molecule is C=CC(=O)N1Cc2cn(CC)nc2C1.CC. The predicted molar refractivity (Wildman–Crippen MR) is 63.7 cm³/mol. The predicted octanol–water partition coefficient (Wildman–Crippen LogP) is 1.96. The lowest BCUT2D eigenvalue weighted by molar-refractivity contribution is -0.126. The summed E-state index contributed by atoms with van der Waals surface area (Å²) in [5.74, 6) is -0.0222. The van der Waals surface area contributed by atoms with Gasteiger partial charge in [0, 0.05) is 24.8 Å². The first-order valence-corrected chi connectivity index (χ1v) is 5.71. The Hall–Kier alpha value is -1.58. The van der Waals surface area contributed by atoms with Gasteiger partial charge in [0.15, 0.2) is 0 Å². The van der Waals surface area contributed by atoms with Gasteiger partial charge in [-0.1, -0.05) is 20.4 Å². The summed E-state index contributed by atoms with van der Waals surface area (Å²) < 4.78 is 1.90. The second kappa shape index (κ2) is 5.49. The summed E-state index contributed by atoms with van der Waals surface area (Å²) in [6.45, 7) is 11.7. The van der Waals surface area contributed by atoms with Crippen molar-refractivity contribution in [3.05, 3.63) is 30.1 Å². The minimum atomic E-state index is -0.0222. The molecule has 1 aliphatic rings. The topological polar surface area (TPSA) is 38.1 Å². The Kier molecular flexibility index (Phi) is 4.28. The highest BCUT2D eigenvalue weighted by molar-refractivity contribution is 5.87. The van der Waals surface area contributed by atoms with Crippen LogP contribution < -0.4 is 0 Å². The summed E-state index contributed by atoms with van der Waals surface area (Å²) in [6, 6.07) is 0. The fourth-order valence-electron chi connectivity index (χ4n) is 1.66. The van der Waals surface area contributed by atoms with Gasteiger partial charge >= 0.3 is 0 Å². The maximum absolute atomic E-state index is 11.3. The van der Waals surface area contributed by atoms with Gasteiger partial charge in [-0.25, -0.2) is 0 Å². The van der Waals surface area contributed by atoms with Crippen LogP contribution in [0.3, 0.4) is 0 Å². The van der Waals surface area contributed by atoms with E-state index in [0.29, 0.717) is 13.1 Å². The standard InChI is InChI=1S/C10H13N3O.C2H6/c1-3-10(14)12-5-8-6-13(4-2)11-9(8)7-12;1-2/h3,6H,1,4-5,7H2,2H3;1-2H3. The van der Waals surface area contributed by atoms with Crippen molar-refractivity contribution in [3.63, 3.8) is 0 Å². The molecule has 16 heavy (non-hydrogen) atoms. The molecule has 0 aliphatic carbocycles. The van der Waals surface area contributed by atoms with Crippen LogP contribution in [0.2, 0.25) is 0 Å². The van der Waals surface area contributed by atoms with Gasteiger partial charge in [0.25, 0.3) is 0 Å². The number of carbonyl (C=O) groups excluding carboxylic acids is 1. The number of carbonyl (C=O) groups is 1. The highest BCUT2D eigenvalue weighted by Crippen LogP contribution is 2.21. The molecule has 0 atom stereocenters. The highest BCUT2D eigenvalue weighted by atomic mass is 16.2. The van der Waals surface area contributed by atoms with Crippen LogP contribution >= 0.6 is 0 Å². The van der Waals surface area contributed by atoms with Crippen LogP contribution in [0, 0.1) is 0 Å². The molecule has 0 radical (unpaired) electrons. The Bertz CT molecular complexity index is 358. The van der Waals surface area contributed by atoms with Gasteiger partial charge in [-0.15, -0.1) is 0 Å². The third-order valence-corrected chi connectivity index (χ3v) is 2.44. The first-order chi connectivity index (χ1) is 7.74. The van der Waals surface area contributed by atoms with Crippen LogP contribution in [-0.4, -0.2) is 20.6 Å². The number of hydrogen-bond donors (Lipinski definition) is 0. The molecular formula is C12H19N3O. The molecule has 0 bridgehead atoms. The minimum Gasteiger partial charge on any atom is -0.329 e. The van der Waals surface area contributed by atoms with Gasteiger partial charge in [-0.3, -0.25) is 9.48 Å². The van der Waals surface area contributed by atoms with Crippen molar-refractivity contribution >= 4 is 5.91 Å². The van der Waals surface area contributed by atoms with Gasteiger partial charge in [0.1, 0.15) is 0 Å². The maximum atomic E-state index is 11.3. The van der Waals surface area contributed by atoms with Crippen molar-refractivity contribution in [1.82, 2.24) is 14.7 Å². The molecule has 1 amide bonds. The van der Waals surface area contributed by atoms with E-state index in [4.69, 9.17) is 0 Å². The molecule has 1 aliphatic heterocycles. The molecule has 2 heterocycles. The van der Waals surface area contributed by atoms with Crippen molar-refractivity contribution in [2.75, 3.05) is 0 Å². The summed E-state index contributed by atoms with van der Waals surface area (Å²) in [5, 5.41) is 4.36. The second-order valence-electron chi connectivity index (χ2n) is 3.36. The monoisotopic (exact) mass is 221 g/mol. The van der Waals surface area contributed by atoms with Gasteiger partial charge < -0.3 is 4.90 Å². The van der Waals surface area contributed by atoms with E-state index >= 15 is 0 Å². The number of nitrogens with zero attached hydrogens (tertiary/aromatic N) is 3. The Morgan fingerprint density at radius 2 is 2.25 bits per heavy atom. The fourth-order valence-corrected chi connectivity index (χ4v) is 1.66. The molecule has 0 unspecified atom stereocenters. The Balaban J connectivity index is 0.000000606. The lowest BCUT2D eigenvalue weighted by Gasteiger charge is -2.12. The summed E-state index contributed by atoms with van der Waals surface area (Å²) in [7, 11) is 0. The molecule has 1 aromatic rings. The lowest BCUT2D eigenvalue weighted by atomic mass is 10.3. The van der Waals surface area contributed by atoms with E-state index in [2.05, 4.69) is 18.6 Å². The molecular weight excluding hydrogens is 202 g/mol. The van der Waals surface area contributed by atoms with Crippen molar-refractivity contribution in [3.8, 4) is 0 Å². The zero-order chi connectivity index (χ0) is 12.1. The molecule has 0 saturated carbocycles. The zero-order valence-electron chi connectivity index (χ0n) is 10.2. The van der Waals surface area contributed by atoms with E-state index in [1.807, 2.05) is 24.7 Å². The average Bonchev–Trinajstić information content (AvgIpc) is 2.87. The van der Waals surface area contributed by atoms with E-state index in [1.54, 1.807) is 4.90 Å². The summed E-state index contributed by atoms with van der Waals surface area (Å²) in [4.78, 5) is 13.0. The number of aryl methyl sites for hydroxylation is 1. The number of fused-ring (bicyclic) bond motifs is 1. The average molecular weight is 221 g/mol. The number of amides is 1. The number of aromatic nitrogens is 2. The first-order valence-electron chi connectivity index (χ1n) is 5.71. The van der Waals surface area contributed by atoms with Crippen LogP contribution in [-0.2, 0) is 24.4 Å². The fraction of sp³-hybridized carbons (Fsp3) is 0.500. The Morgan fingerprint density at radius 1 is 1.56 bits per heavy atom. The molecule has 2 rings (SSSR count). The quantitative estimate of drug-likeness (QED) is 0.716. The molecule has 88 valence electrons. The zero-order valence-corrected chi connectivity index (χ0v) is 10.2. The van der Waals surface area contributed by atoms with Crippen LogP contribution in [0.25, 0.3) is 0 Å². The van der Waals surface area contributed by atoms with Gasteiger partial charge in [-0.2, -0.15) is 5.10 Å². The van der Waals surface area contributed by atoms with Gasteiger partial charge in [0.2, 0.25) is 5.91 Å². The number of rotatable bonds is 2. The summed E-state index contributed by atoms with van der Waals surface area (Å²) in [5.41, 5.74) is 2.17. The van der Waals surface area contributed by atoms with E-state index in [-0.39, 0.29) is 5.91 Å². The van der Waals surface area contributed by atoms with E-state index in [0.717, 1.165) is 17.8 Å². The van der Waals surface area contributed by atoms with Gasteiger partial charge in [0.05, 0.1) is 12.2 Å². The Labute approximate surface area is 96.6 Å². The van der Waals surface area contributed by atoms with Crippen LogP contribution in [0.1, 0.15) is 32.0 Å². The van der Waals surface area contributed by atoms with Gasteiger partial charge in [-0.05, 0) is 13.0 Å². The van der Waals surface area contributed by atoms with E-state index in [1.165, 1.54) is 6.08 Å². The largest absolute Gasteiger partial charge is 0.329 e. The minimum absolute atomic E-state index is 0.0222. The molecule has 0 spiro atoms. The van der Waals surface area contributed by atoms with Crippen LogP contribution in [0.5, 0.6) is 0 Å². The molecule has 1 aromatic heterocycles. The van der Waals surface area contributed by atoms with Crippen LogP contribution in [0.15, 0.2) is 18.9 Å². The Morgan fingerprint density at radius 3 is 2.75 bits per heavy atom. The van der Waals surface area contributed by atoms with Crippen molar-refractivity contribution in [1.29, 1.82) is 0 Å². The van der Waals surface area contributed by atoms with E-state index in [9.17, 15) is 4.79 Å². The van der Waals surface area contributed by atoms with Crippen molar-refractivity contribution < 1.29 is 4.79 Å². The van der Waals surface area contributed by atoms with Crippen molar-refractivity contribution in [2.45, 2.75) is 40.4 Å². The highest BCUT2D eigenvalue weighted by Gasteiger charge is 2.24. The van der Waals surface area contributed by atoms with Crippen LogP contribution in [0.4, 0.5) is 0 Å². The van der Waals surface area contributed by atoms with E-state index < -0.39 is 0 Å². The van der Waals surface area contributed by atoms with Crippen molar-refractivity contribution in [2.24, 2.45) is 0 Å². The molecule has 0 saturated heterocycles. The molecule has 0 N–H and O–H groups in total. The molecule has 4 nitrogen and oxygen atoms in total. The summed E-state index contributed by atoms with van der Waals surface area (Å²) in [6.07, 6.45) is 3.35. The normalized spacial score (nSPS) is 12.8. The lowest BCUT2D eigenvalue weighted by Crippen LogP contribution is -2.23. The smallest absolute Gasteiger partial charge is 0.246 e. The molecule has 0 aromatic carbocycles. The second-order valence-corrected chi connectivity index (χ2v) is 3.36. The maximum Gasteiger partial charge on any atom is 0.246 e.